The third-order valence-corrected chi connectivity index (χ3v) is 15.5. The van der Waals surface area contributed by atoms with Crippen LogP contribution in [0.25, 0.3) is 151 Å². The molecule has 0 saturated heterocycles. The van der Waals surface area contributed by atoms with Gasteiger partial charge in [0, 0.05) is 65.7 Å². The summed E-state index contributed by atoms with van der Waals surface area (Å²) in [5.41, 5.74) is 13.6. The molecule has 81 heavy (non-hydrogen) atoms. The number of hydrogen-bond acceptors (Lipinski definition) is 6. The second-order valence-corrected chi connectivity index (χ2v) is 20.2. The van der Waals surface area contributed by atoms with E-state index < -0.39 is 0 Å². The molecule has 16 aromatic rings. The van der Waals surface area contributed by atoms with Gasteiger partial charge in [0.25, 0.3) is 0 Å². The van der Waals surface area contributed by atoms with Gasteiger partial charge in [0.05, 0.1) is 50.2 Å². The van der Waals surface area contributed by atoms with Crippen LogP contribution in [0.2, 0.25) is 0 Å². The predicted octanol–water partition coefficient (Wildman–Crippen LogP) is 17.3. The highest BCUT2D eigenvalue weighted by Gasteiger charge is 2.33. The van der Waals surface area contributed by atoms with Crippen LogP contribution in [-0.4, -0.2) is 43.6 Å². The molecule has 0 N–H and O–H groups in total. The molecular formula is C72H45N9. The molecule has 16 rings (SSSR count). The van der Waals surface area contributed by atoms with E-state index in [1.54, 1.807) is 0 Å². The summed E-state index contributed by atoms with van der Waals surface area (Å²) in [6.45, 7) is 0. The zero-order chi connectivity index (χ0) is 53.4. The monoisotopic (exact) mass is 1040 g/mol. The zero-order valence-electron chi connectivity index (χ0n) is 43.5. The average Bonchev–Trinajstić information content (AvgIpc) is 4.39. The van der Waals surface area contributed by atoms with Crippen molar-refractivity contribution in [3.63, 3.8) is 0 Å². The molecule has 5 aromatic heterocycles. The number of hydrogen-bond donors (Lipinski definition) is 0. The molecule has 5 heterocycles. The van der Waals surface area contributed by atoms with E-state index in [1.165, 1.54) is 0 Å². The lowest BCUT2D eigenvalue weighted by atomic mass is 9.99. The highest BCUT2D eigenvalue weighted by Crippen LogP contribution is 2.49. The van der Waals surface area contributed by atoms with Crippen LogP contribution in [0.3, 0.4) is 0 Å². The second-order valence-electron chi connectivity index (χ2n) is 20.2. The van der Waals surface area contributed by atoms with E-state index in [-0.39, 0.29) is 0 Å². The Morgan fingerprint density at radius 3 is 0.630 bits per heavy atom. The number of benzene rings is 11. The largest absolute Gasteiger partial charge is 0.306 e. The molecule has 0 bridgehead atoms. The van der Waals surface area contributed by atoms with E-state index in [1.807, 2.05) is 72.8 Å². The zero-order valence-corrected chi connectivity index (χ0v) is 43.5. The fourth-order valence-corrected chi connectivity index (χ4v) is 12.0. The second kappa shape index (κ2) is 18.8. The average molecular weight is 1040 g/mol. The first-order chi connectivity index (χ1) is 40.2. The van der Waals surface area contributed by atoms with Crippen LogP contribution in [-0.2, 0) is 0 Å². The van der Waals surface area contributed by atoms with Crippen LogP contribution in [0, 0.1) is 0 Å². The van der Waals surface area contributed by atoms with Crippen molar-refractivity contribution in [2.45, 2.75) is 0 Å². The van der Waals surface area contributed by atoms with Crippen LogP contribution in [0.15, 0.2) is 273 Å². The lowest BCUT2D eigenvalue weighted by Gasteiger charge is -2.27. The summed E-state index contributed by atoms with van der Waals surface area (Å²) in [5, 5.41) is 6.65. The Morgan fingerprint density at radius 1 is 0.185 bits per heavy atom. The van der Waals surface area contributed by atoms with Crippen molar-refractivity contribution >= 4 is 65.4 Å². The summed E-state index contributed by atoms with van der Waals surface area (Å²) in [4.78, 5) is 33.1. The van der Waals surface area contributed by atoms with Crippen LogP contribution in [0.1, 0.15) is 0 Å². The summed E-state index contributed by atoms with van der Waals surface area (Å²) < 4.78 is 7.34. The van der Waals surface area contributed by atoms with Crippen LogP contribution < -0.4 is 0 Å². The van der Waals surface area contributed by atoms with Gasteiger partial charge in [-0.3, -0.25) is 0 Å². The molecule has 11 aromatic carbocycles. The van der Waals surface area contributed by atoms with Crippen LogP contribution >= 0.6 is 0 Å². The van der Waals surface area contributed by atoms with Gasteiger partial charge >= 0.3 is 0 Å². The minimum atomic E-state index is 0.470. The quantitative estimate of drug-likeness (QED) is 0.143. The summed E-state index contributed by atoms with van der Waals surface area (Å²) in [6, 6.07) is 95.3. The van der Waals surface area contributed by atoms with Gasteiger partial charge < -0.3 is 13.7 Å². The minimum absolute atomic E-state index is 0.470. The molecule has 0 aliphatic carbocycles. The molecule has 0 unspecified atom stereocenters. The van der Waals surface area contributed by atoms with E-state index in [2.05, 4.69) is 214 Å². The molecule has 9 nitrogen and oxygen atoms in total. The molecular weight excluding hydrogens is 991 g/mol. The molecule has 0 saturated carbocycles. The Bertz CT molecular complexity index is 4570. The van der Waals surface area contributed by atoms with Crippen LogP contribution in [0.5, 0.6) is 0 Å². The fraction of sp³-hybridized carbons (Fsp3) is 0. The van der Waals surface area contributed by atoms with Crippen molar-refractivity contribution in [1.29, 1.82) is 0 Å². The third kappa shape index (κ3) is 7.47. The Balaban J connectivity index is 1.21. The Hall–Kier alpha value is -11.2. The van der Waals surface area contributed by atoms with Gasteiger partial charge in [0.2, 0.25) is 0 Å². The first-order valence-corrected chi connectivity index (χ1v) is 27.1. The van der Waals surface area contributed by atoms with E-state index in [0.29, 0.717) is 34.9 Å². The Morgan fingerprint density at radius 2 is 0.383 bits per heavy atom. The van der Waals surface area contributed by atoms with Crippen molar-refractivity contribution in [3.8, 4) is 85.4 Å². The Kier molecular flexibility index (Phi) is 10.7. The summed E-state index contributed by atoms with van der Waals surface area (Å²) in [5.74, 6) is 3.09. The van der Waals surface area contributed by atoms with Crippen molar-refractivity contribution < 1.29 is 0 Å². The third-order valence-electron chi connectivity index (χ3n) is 15.5. The SMILES string of the molecule is c1ccc(-c2nc(-c3ccccc3)nc(-c3cc(-c4nc(-c5ccccc5)nc(-c5ccccc5)n4)c(-n4c5ccccc5c5ccccc54)c(-n4c5ccccc5c5ccccc54)c3-n3c4ccccc4c4ccccc43)n2)cc1. The normalized spacial score (nSPS) is 11.7. The maximum Gasteiger partial charge on any atom is 0.166 e. The first kappa shape index (κ1) is 46.0. The van der Waals surface area contributed by atoms with Crippen LogP contribution in [0.4, 0.5) is 0 Å². The molecule has 0 aliphatic heterocycles. The number of fused-ring (bicyclic) bond motifs is 9. The molecule has 0 atom stereocenters. The lowest BCUT2D eigenvalue weighted by molar-refractivity contribution is 1.02. The van der Waals surface area contributed by atoms with E-state index in [9.17, 15) is 0 Å². The van der Waals surface area contributed by atoms with Gasteiger partial charge in [-0.05, 0) is 42.5 Å². The molecule has 0 radical (unpaired) electrons. The van der Waals surface area contributed by atoms with Crippen molar-refractivity contribution in [2.24, 2.45) is 0 Å². The number of rotatable bonds is 9. The number of para-hydroxylation sites is 6. The fourth-order valence-electron chi connectivity index (χ4n) is 12.0. The molecule has 0 spiro atoms. The highest BCUT2D eigenvalue weighted by atomic mass is 15.1. The standard InChI is InChI=1S/C72H45N9/c1-5-25-46(26-6-1)67-73-68(47-27-7-2-8-28-47)76-71(75-67)56-45-57(72-77-69(48-29-9-3-10-30-48)74-70(78-72)49-31-11-4-12-32-49)65(80-60-41-21-15-35-52(60)53-36-16-22-42-61(53)80)66(81-62-43-23-17-37-54(62)55-38-18-24-44-63(55)81)64(56)79-58-39-19-13-33-50(58)51-34-14-20-40-59(51)79/h1-45H. The van der Waals surface area contributed by atoms with Gasteiger partial charge in [-0.15, -0.1) is 0 Å². The highest BCUT2D eigenvalue weighted by molar-refractivity contribution is 6.15. The Labute approximate surface area is 465 Å². The van der Waals surface area contributed by atoms with Gasteiger partial charge in [-0.2, -0.15) is 0 Å². The van der Waals surface area contributed by atoms with Gasteiger partial charge in [-0.1, -0.05) is 231 Å². The molecule has 378 valence electrons. The number of aromatic nitrogens is 9. The van der Waals surface area contributed by atoms with E-state index in [4.69, 9.17) is 29.9 Å². The van der Waals surface area contributed by atoms with E-state index >= 15 is 0 Å². The topological polar surface area (TPSA) is 92.1 Å². The summed E-state index contributed by atoms with van der Waals surface area (Å²) >= 11 is 0. The van der Waals surface area contributed by atoms with E-state index in [0.717, 1.165) is 116 Å². The maximum absolute atomic E-state index is 5.63. The lowest BCUT2D eigenvalue weighted by Crippen LogP contribution is -2.14. The first-order valence-electron chi connectivity index (χ1n) is 27.1. The maximum atomic E-state index is 5.63. The summed E-state index contributed by atoms with van der Waals surface area (Å²) in [6.07, 6.45) is 0. The van der Waals surface area contributed by atoms with Crippen molar-refractivity contribution in [1.82, 2.24) is 43.6 Å². The minimum Gasteiger partial charge on any atom is -0.306 e. The van der Waals surface area contributed by atoms with Crippen molar-refractivity contribution in [3.05, 3.63) is 273 Å². The van der Waals surface area contributed by atoms with Gasteiger partial charge in [0.15, 0.2) is 34.9 Å². The molecule has 0 amide bonds. The molecule has 0 fully saturated rings. The smallest absolute Gasteiger partial charge is 0.166 e. The predicted molar refractivity (Wildman–Crippen MR) is 329 cm³/mol. The molecule has 9 heteroatoms. The number of nitrogens with zero attached hydrogens (tertiary/aromatic N) is 9. The van der Waals surface area contributed by atoms with Crippen molar-refractivity contribution in [2.75, 3.05) is 0 Å². The van der Waals surface area contributed by atoms with Gasteiger partial charge in [0.1, 0.15) is 0 Å². The van der Waals surface area contributed by atoms with Gasteiger partial charge in [-0.25, -0.2) is 29.9 Å². The molecule has 0 aliphatic rings. The summed E-state index contributed by atoms with van der Waals surface area (Å²) in [7, 11) is 0.